The Morgan fingerprint density at radius 2 is 2.17 bits per heavy atom. The van der Waals surface area contributed by atoms with E-state index in [0.717, 1.165) is 15.6 Å². The summed E-state index contributed by atoms with van der Waals surface area (Å²) in [5.74, 6) is 0.606. The van der Waals surface area contributed by atoms with Crippen LogP contribution in [0.25, 0.3) is 0 Å². The zero-order valence-electron chi connectivity index (χ0n) is 5.92. The fraction of sp³-hybridized carbons (Fsp3) is 0.375. The predicted octanol–water partition coefficient (Wildman–Crippen LogP) is 2.25. The zero-order valence-corrected chi connectivity index (χ0v) is 7.57. The third-order valence-electron chi connectivity index (χ3n) is 1.86. The Hall–Kier alpha value is 0.790. The molecule has 0 unspecified atom stereocenters. The molecule has 0 saturated heterocycles. The maximum atomic E-state index is 5.99. The number of nitrogens with zero attached hydrogens (tertiary/aromatic N) is 1. The first kappa shape index (κ1) is 10.9. The van der Waals surface area contributed by atoms with Gasteiger partial charge < -0.3 is 0 Å². The van der Waals surface area contributed by atoms with E-state index in [-0.39, 0.29) is 29.6 Å². The molecule has 2 rings (SSSR count). The van der Waals surface area contributed by atoms with Crippen molar-refractivity contribution in [1.82, 2.24) is 4.98 Å². The van der Waals surface area contributed by atoms with Crippen LogP contribution >= 0.6 is 24.2 Å². The summed E-state index contributed by atoms with van der Waals surface area (Å²) in [6.07, 6.45) is 4.22. The van der Waals surface area contributed by atoms with Gasteiger partial charge in [0.15, 0.2) is 0 Å². The molecule has 60 valence electrons. The van der Waals surface area contributed by atoms with Crippen molar-refractivity contribution in [2.45, 2.75) is 23.7 Å². The Morgan fingerprint density at radius 1 is 1.50 bits per heavy atom. The van der Waals surface area contributed by atoms with E-state index in [1.165, 1.54) is 12.8 Å². The zero-order chi connectivity index (χ0) is 7.84. The number of hydrogen-bond donors (Lipinski definition) is 1. The summed E-state index contributed by atoms with van der Waals surface area (Å²) < 4.78 is 0. The van der Waals surface area contributed by atoms with Gasteiger partial charge in [-0.2, -0.15) is 0 Å². The fourth-order valence-electron chi connectivity index (χ4n) is 1.09. The quantitative estimate of drug-likeness (QED) is 0.553. The molecule has 1 saturated carbocycles. The number of thiol groups is 1. The minimum atomic E-state index is 0. The molecule has 0 atom stereocenters. The molecule has 1 heterocycles. The van der Waals surface area contributed by atoms with Crippen molar-refractivity contribution in [3.8, 4) is 0 Å². The van der Waals surface area contributed by atoms with Crippen molar-refractivity contribution >= 4 is 53.8 Å². The van der Waals surface area contributed by atoms with Gasteiger partial charge in [-0.05, 0) is 18.9 Å². The van der Waals surface area contributed by atoms with Crippen molar-refractivity contribution in [3.63, 3.8) is 0 Å². The van der Waals surface area contributed by atoms with E-state index in [2.05, 4.69) is 17.6 Å². The Bertz CT molecular complexity index is 288. The van der Waals surface area contributed by atoms with E-state index in [0.29, 0.717) is 5.92 Å². The minimum absolute atomic E-state index is 0. The number of aromatic nitrogens is 1. The van der Waals surface area contributed by atoms with E-state index in [1.54, 1.807) is 6.20 Å². The maximum absolute atomic E-state index is 5.99. The Labute approximate surface area is 105 Å². The van der Waals surface area contributed by atoms with Gasteiger partial charge in [0.1, 0.15) is 0 Å². The van der Waals surface area contributed by atoms with Crippen LogP contribution < -0.4 is 0 Å². The first-order chi connectivity index (χ1) is 5.29. The van der Waals surface area contributed by atoms with Crippen LogP contribution in [0.1, 0.15) is 24.5 Å². The van der Waals surface area contributed by atoms with E-state index in [1.807, 2.05) is 6.07 Å². The van der Waals surface area contributed by atoms with Gasteiger partial charge >= 0.3 is 29.6 Å². The second-order valence-corrected chi connectivity index (χ2v) is 3.66. The van der Waals surface area contributed by atoms with Crippen LogP contribution in [0.5, 0.6) is 0 Å². The van der Waals surface area contributed by atoms with E-state index >= 15 is 0 Å². The summed E-state index contributed by atoms with van der Waals surface area (Å²) >= 11 is 10.2. The molecular formula is C8H9ClNNaS. The summed E-state index contributed by atoms with van der Waals surface area (Å²) in [5.41, 5.74) is 1.03. The molecule has 0 aromatic carbocycles. The molecule has 1 aromatic rings. The van der Waals surface area contributed by atoms with Gasteiger partial charge in [-0.1, -0.05) is 11.6 Å². The summed E-state index contributed by atoms with van der Waals surface area (Å²) in [7, 11) is 0. The van der Waals surface area contributed by atoms with Crippen molar-refractivity contribution in [1.29, 1.82) is 0 Å². The Kier molecular flexibility index (Phi) is 3.93. The van der Waals surface area contributed by atoms with E-state index in [4.69, 9.17) is 11.6 Å². The number of rotatable bonds is 1. The first-order valence-corrected chi connectivity index (χ1v) is 4.45. The molecule has 12 heavy (non-hydrogen) atoms. The topological polar surface area (TPSA) is 12.9 Å². The van der Waals surface area contributed by atoms with Crippen molar-refractivity contribution in [2.75, 3.05) is 0 Å². The number of pyridine rings is 1. The summed E-state index contributed by atoms with van der Waals surface area (Å²) in [6, 6.07) is 1.82. The molecule has 0 N–H and O–H groups in total. The van der Waals surface area contributed by atoms with Gasteiger partial charge in [0.25, 0.3) is 0 Å². The third kappa shape index (κ3) is 2.18. The molecule has 1 aliphatic carbocycles. The molecule has 0 amide bonds. The second kappa shape index (κ2) is 4.34. The average molecular weight is 210 g/mol. The molecule has 4 heteroatoms. The SMILES string of the molecule is Sc1ccnc(C2CC2)c1Cl.[NaH]. The van der Waals surface area contributed by atoms with Crippen molar-refractivity contribution < 1.29 is 0 Å². The first-order valence-electron chi connectivity index (χ1n) is 3.62. The fourth-order valence-corrected chi connectivity index (χ4v) is 1.54. The molecule has 0 bridgehead atoms. The standard InChI is InChI=1S/C8H8ClNS.Na.H/c9-7-6(11)3-4-10-8(7)5-1-2-5;;/h3-5H,1-2H2,(H,10,11);;. The Morgan fingerprint density at radius 3 is 2.75 bits per heavy atom. The molecule has 1 fully saturated rings. The van der Waals surface area contributed by atoms with Crippen LogP contribution in [-0.2, 0) is 0 Å². The molecule has 1 aromatic heterocycles. The van der Waals surface area contributed by atoms with Crippen molar-refractivity contribution in [2.24, 2.45) is 0 Å². The monoisotopic (exact) mass is 209 g/mol. The van der Waals surface area contributed by atoms with E-state index in [9.17, 15) is 0 Å². The van der Waals surface area contributed by atoms with Crippen LogP contribution in [0, 0.1) is 0 Å². The molecular weight excluding hydrogens is 201 g/mol. The normalized spacial score (nSPS) is 15.5. The summed E-state index contributed by atoms with van der Waals surface area (Å²) in [4.78, 5) is 5.06. The van der Waals surface area contributed by atoms with Gasteiger partial charge in [-0.15, -0.1) is 12.6 Å². The number of halogens is 1. The second-order valence-electron chi connectivity index (χ2n) is 2.80. The van der Waals surface area contributed by atoms with Crippen LogP contribution in [0.4, 0.5) is 0 Å². The molecule has 1 aliphatic rings. The van der Waals surface area contributed by atoms with Gasteiger partial charge in [0, 0.05) is 17.0 Å². The predicted molar refractivity (Wildman–Crippen MR) is 55.6 cm³/mol. The third-order valence-corrected chi connectivity index (χ3v) is 2.76. The van der Waals surface area contributed by atoms with Gasteiger partial charge in [0.2, 0.25) is 0 Å². The van der Waals surface area contributed by atoms with Crippen LogP contribution in [0.3, 0.4) is 0 Å². The molecule has 0 spiro atoms. The van der Waals surface area contributed by atoms with Gasteiger partial charge in [0.05, 0.1) is 10.7 Å². The van der Waals surface area contributed by atoms with Gasteiger partial charge in [-0.25, -0.2) is 0 Å². The molecule has 0 aliphatic heterocycles. The molecule has 1 nitrogen and oxygen atoms in total. The summed E-state index contributed by atoms with van der Waals surface area (Å²) in [6.45, 7) is 0. The Balaban J connectivity index is 0.000000720. The average Bonchev–Trinajstić information content (AvgIpc) is 2.77. The van der Waals surface area contributed by atoms with Crippen LogP contribution in [-0.4, -0.2) is 34.5 Å². The van der Waals surface area contributed by atoms with Gasteiger partial charge in [-0.3, -0.25) is 4.98 Å². The molecule has 0 radical (unpaired) electrons. The van der Waals surface area contributed by atoms with Crippen LogP contribution in [0.15, 0.2) is 17.2 Å². The summed E-state index contributed by atoms with van der Waals surface area (Å²) in [5, 5.41) is 0.735. The van der Waals surface area contributed by atoms with Crippen molar-refractivity contribution in [3.05, 3.63) is 23.0 Å². The van der Waals surface area contributed by atoms with Crippen LogP contribution in [0.2, 0.25) is 5.02 Å². The number of hydrogen-bond acceptors (Lipinski definition) is 2. The van der Waals surface area contributed by atoms with E-state index < -0.39 is 0 Å².